The molecule has 0 aliphatic heterocycles. The fourth-order valence-electron chi connectivity index (χ4n) is 5.59. The maximum Gasteiger partial charge on any atom is 0.0466 e. The monoisotopic (exact) mass is 553 g/mol. The first-order valence-electron chi connectivity index (χ1n) is 18.6. The lowest BCUT2D eigenvalue weighted by Gasteiger charge is -2.06. The van der Waals surface area contributed by atoms with Crippen LogP contribution in [0.4, 0.5) is 0 Å². The fourth-order valence-corrected chi connectivity index (χ4v) is 5.59. The average molecular weight is 553 g/mol. The van der Waals surface area contributed by atoms with E-state index in [1.807, 2.05) is 0 Å². The fraction of sp³-hybridized carbons (Fsp3) is 1.00. The molecular weight excluding hydrogens is 476 g/mol. The first kappa shape index (κ1) is 38.9. The second-order valence-electron chi connectivity index (χ2n) is 12.5. The zero-order valence-electron chi connectivity index (χ0n) is 27.6. The van der Waals surface area contributed by atoms with Crippen LogP contribution in [-0.2, 0) is 9.47 Å². The number of unbranched alkanes of at least 4 members (excludes halogenated alkanes) is 28. The van der Waals surface area contributed by atoms with E-state index in [0.29, 0.717) is 0 Å². The third-order valence-electron chi connectivity index (χ3n) is 8.36. The maximum atomic E-state index is 5.85. The highest BCUT2D eigenvalue weighted by Gasteiger charge is 1.97. The van der Waals surface area contributed by atoms with Gasteiger partial charge in [0, 0.05) is 26.4 Å². The second-order valence-corrected chi connectivity index (χ2v) is 12.5. The lowest BCUT2D eigenvalue weighted by atomic mass is 10.0. The summed E-state index contributed by atoms with van der Waals surface area (Å²) in [4.78, 5) is 0. The van der Waals surface area contributed by atoms with Crippen molar-refractivity contribution in [3.05, 3.63) is 0 Å². The van der Waals surface area contributed by atoms with Gasteiger partial charge in [0.25, 0.3) is 0 Å². The molecule has 0 N–H and O–H groups in total. The van der Waals surface area contributed by atoms with Crippen LogP contribution >= 0.6 is 0 Å². The Hall–Kier alpha value is -0.0800. The van der Waals surface area contributed by atoms with Gasteiger partial charge in [0.2, 0.25) is 0 Å². The predicted octanol–water partition coefficient (Wildman–Crippen LogP) is 13.2. The van der Waals surface area contributed by atoms with Crippen LogP contribution < -0.4 is 0 Å². The van der Waals surface area contributed by atoms with E-state index in [2.05, 4.69) is 13.8 Å². The molecule has 0 atom stereocenters. The molecule has 0 unspecified atom stereocenters. The van der Waals surface area contributed by atoms with Gasteiger partial charge in [-0.25, -0.2) is 0 Å². The van der Waals surface area contributed by atoms with Crippen molar-refractivity contribution < 1.29 is 9.47 Å². The van der Waals surface area contributed by atoms with Gasteiger partial charge in [-0.3, -0.25) is 0 Å². The van der Waals surface area contributed by atoms with Crippen LogP contribution in [0.5, 0.6) is 0 Å². The normalized spacial score (nSPS) is 11.5. The van der Waals surface area contributed by atoms with Gasteiger partial charge >= 0.3 is 0 Å². The minimum absolute atomic E-state index is 0.966. The molecule has 0 rings (SSSR count). The molecule has 0 aromatic carbocycles. The molecule has 0 aliphatic carbocycles. The van der Waals surface area contributed by atoms with Gasteiger partial charge in [0.15, 0.2) is 0 Å². The van der Waals surface area contributed by atoms with E-state index in [1.54, 1.807) is 0 Å². The molecule has 0 saturated carbocycles. The molecule has 2 nitrogen and oxygen atoms in total. The highest BCUT2D eigenvalue weighted by Crippen LogP contribution is 2.14. The Kier molecular flexibility index (Phi) is 37.8. The van der Waals surface area contributed by atoms with E-state index in [1.165, 1.54) is 199 Å². The first-order chi connectivity index (χ1) is 19.4. The van der Waals surface area contributed by atoms with Crippen molar-refractivity contribution in [3.8, 4) is 0 Å². The molecule has 0 spiro atoms. The Morgan fingerprint density at radius 2 is 0.359 bits per heavy atom. The second kappa shape index (κ2) is 37.9. The van der Waals surface area contributed by atoms with E-state index in [-0.39, 0.29) is 0 Å². The summed E-state index contributed by atoms with van der Waals surface area (Å²) in [6.07, 6.45) is 43.3. The molecule has 0 bridgehead atoms. The van der Waals surface area contributed by atoms with Gasteiger partial charge in [0.05, 0.1) is 0 Å². The molecule has 0 amide bonds. The van der Waals surface area contributed by atoms with Crippen LogP contribution in [0.1, 0.15) is 213 Å². The summed E-state index contributed by atoms with van der Waals surface area (Å²) in [7, 11) is 0. The predicted molar refractivity (Wildman–Crippen MR) is 176 cm³/mol. The van der Waals surface area contributed by atoms with Crippen molar-refractivity contribution in [2.45, 2.75) is 213 Å². The minimum Gasteiger partial charge on any atom is -0.381 e. The first-order valence-corrected chi connectivity index (χ1v) is 18.6. The quantitative estimate of drug-likeness (QED) is 0.0719. The summed E-state index contributed by atoms with van der Waals surface area (Å²) in [5.74, 6) is 0. The van der Waals surface area contributed by atoms with Gasteiger partial charge in [-0.1, -0.05) is 187 Å². The Labute approximate surface area is 248 Å². The number of hydrogen-bond acceptors (Lipinski definition) is 2. The zero-order chi connectivity index (χ0) is 28.2. The van der Waals surface area contributed by atoms with E-state index < -0.39 is 0 Å². The van der Waals surface area contributed by atoms with Crippen LogP contribution in [-0.4, -0.2) is 26.4 Å². The Morgan fingerprint density at radius 1 is 0.205 bits per heavy atom. The minimum atomic E-state index is 0.966. The standard InChI is InChI=1S/C37H76O2/c1-3-5-7-9-11-13-15-17-19-21-23-26-30-34-38-36-32-28-25-29-33-37-39-35-31-27-24-22-20-18-16-14-12-10-8-6-4-2/h3-37H2,1-2H3. The van der Waals surface area contributed by atoms with Crippen LogP contribution in [0.15, 0.2) is 0 Å². The zero-order valence-corrected chi connectivity index (χ0v) is 27.6. The topological polar surface area (TPSA) is 18.5 Å². The third-order valence-corrected chi connectivity index (χ3v) is 8.36. The SMILES string of the molecule is CCCCCCCCCCCCCCCOCCCCCCCOCCCCCCCCCCCCCCC. The van der Waals surface area contributed by atoms with E-state index >= 15 is 0 Å². The van der Waals surface area contributed by atoms with Crippen LogP contribution in [0.3, 0.4) is 0 Å². The maximum absolute atomic E-state index is 5.85. The highest BCUT2D eigenvalue weighted by atomic mass is 16.5. The number of hydrogen-bond donors (Lipinski definition) is 0. The average Bonchev–Trinajstić information content (AvgIpc) is 2.95. The molecule has 0 saturated heterocycles. The summed E-state index contributed by atoms with van der Waals surface area (Å²) >= 11 is 0. The van der Waals surface area contributed by atoms with E-state index in [0.717, 1.165) is 26.4 Å². The van der Waals surface area contributed by atoms with Crippen molar-refractivity contribution >= 4 is 0 Å². The van der Waals surface area contributed by atoms with Crippen molar-refractivity contribution in [2.24, 2.45) is 0 Å². The van der Waals surface area contributed by atoms with Crippen molar-refractivity contribution in [1.82, 2.24) is 0 Å². The molecule has 0 fully saturated rings. The largest absolute Gasteiger partial charge is 0.381 e. The Bertz CT molecular complexity index is 361. The summed E-state index contributed by atoms with van der Waals surface area (Å²) in [5, 5.41) is 0. The molecule has 0 aromatic heterocycles. The molecule has 2 heteroatoms. The summed E-state index contributed by atoms with van der Waals surface area (Å²) < 4.78 is 11.7. The van der Waals surface area contributed by atoms with Gasteiger partial charge in [-0.05, 0) is 25.7 Å². The number of rotatable bonds is 36. The van der Waals surface area contributed by atoms with Crippen LogP contribution in [0.2, 0.25) is 0 Å². The third kappa shape index (κ3) is 37.9. The Balaban J connectivity index is 3.01. The molecule has 236 valence electrons. The van der Waals surface area contributed by atoms with Gasteiger partial charge in [-0.2, -0.15) is 0 Å². The van der Waals surface area contributed by atoms with Crippen molar-refractivity contribution in [2.75, 3.05) is 26.4 Å². The molecular formula is C37H76O2. The van der Waals surface area contributed by atoms with E-state index in [4.69, 9.17) is 9.47 Å². The van der Waals surface area contributed by atoms with Gasteiger partial charge < -0.3 is 9.47 Å². The molecule has 0 aromatic rings. The number of ether oxygens (including phenoxy) is 2. The van der Waals surface area contributed by atoms with Gasteiger partial charge in [-0.15, -0.1) is 0 Å². The summed E-state index contributed by atoms with van der Waals surface area (Å²) in [6, 6.07) is 0. The van der Waals surface area contributed by atoms with Crippen LogP contribution in [0.25, 0.3) is 0 Å². The molecule has 39 heavy (non-hydrogen) atoms. The smallest absolute Gasteiger partial charge is 0.0466 e. The summed E-state index contributed by atoms with van der Waals surface area (Å²) in [5.41, 5.74) is 0. The molecule has 0 radical (unpaired) electrons. The van der Waals surface area contributed by atoms with Crippen molar-refractivity contribution in [3.63, 3.8) is 0 Å². The Morgan fingerprint density at radius 3 is 0.538 bits per heavy atom. The summed E-state index contributed by atoms with van der Waals surface area (Å²) in [6.45, 7) is 8.48. The molecule has 0 heterocycles. The van der Waals surface area contributed by atoms with Crippen molar-refractivity contribution in [1.29, 1.82) is 0 Å². The van der Waals surface area contributed by atoms with E-state index in [9.17, 15) is 0 Å². The molecule has 0 aliphatic rings. The highest BCUT2D eigenvalue weighted by molar-refractivity contribution is 4.51. The lowest BCUT2D eigenvalue weighted by molar-refractivity contribution is 0.121. The lowest BCUT2D eigenvalue weighted by Crippen LogP contribution is -1.98. The van der Waals surface area contributed by atoms with Gasteiger partial charge in [0.1, 0.15) is 0 Å². The van der Waals surface area contributed by atoms with Crippen LogP contribution in [0, 0.1) is 0 Å².